The summed E-state index contributed by atoms with van der Waals surface area (Å²) in [5, 5.41) is 39.4. The Hall–Kier alpha value is -2.37. The van der Waals surface area contributed by atoms with Gasteiger partial charge in [0.15, 0.2) is 0 Å². The van der Waals surface area contributed by atoms with E-state index in [1.807, 2.05) is 6.92 Å². The Bertz CT molecular complexity index is 1140. The van der Waals surface area contributed by atoms with Crippen LogP contribution in [0, 0.1) is 16.2 Å². The summed E-state index contributed by atoms with van der Waals surface area (Å²) in [5.74, 6) is -1.08. The van der Waals surface area contributed by atoms with Gasteiger partial charge in [-0.2, -0.15) is 0 Å². The van der Waals surface area contributed by atoms with Crippen LogP contribution < -0.4 is 0 Å². The summed E-state index contributed by atoms with van der Waals surface area (Å²) in [7, 11) is 0. The molecule has 2 saturated heterocycles. The molecule has 40 heavy (non-hydrogen) atoms. The van der Waals surface area contributed by atoms with Crippen LogP contribution >= 0.6 is 0 Å². The highest BCUT2D eigenvalue weighted by molar-refractivity contribution is 5.88. The summed E-state index contributed by atoms with van der Waals surface area (Å²) < 4.78 is 16.7. The third-order valence-corrected chi connectivity index (χ3v) is 10.3. The SMILES string of the molecule is CC(=O)CC12CCC(C)=CCC13CCC2(C)C(C)(C=CC=C(C)C(=O)OC1OC(CO)C(O)C(O)C1O)OC3=O. The summed E-state index contributed by atoms with van der Waals surface area (Å²) in [6.07, 6.45) is 2.99. The Morgan fingerprint density at radius 2 is 1.80 bits per heavy atom. The maximum absolute atomic E-state index is 13.8. The van der Waals surface area contributed by atoms with Crippen molar-refractivity contribution in [1.29, 1.82) is 0 Å². The number of cyclic esters (lactones) is 1. The molecule has 10 nitrogen and oxygen atoms in total. The first-order chi connectivity index (χ1) is 18.7. The van der Waals surface area contributed by atoms with Gasteiger partial charge in [0.25, 0.3) is 0 Å². The molecule has 2 aliphatic heterocycles. The molecule has 2 bridgehead atoms. The van der Waals surface area contributed by atoms with Gasteiger partial charge in [0, 0.05) is 22.8 Å². The molecule has 0 aromatic rings. The van der Waals surface area contributed by atoms with Crippen molar-refractivity contribution in [3.8, 4) is 0 Å². The molecule has 10 heteroatoms. The topological polar surface area (TPSA) is 160 Å². The van der Waals surface area contributed by atoms with E-state index in [0.29, 0.717) is 32.1 Å². The quantitative estimate of drug-likeness (QED) is 0.156. The van der Waals surface area contributed by atoms with Crippen LogP contribution in [-0.4, -0.2) is 81.1 Å². The molecular formula is C30H42O10. The number of hydrogen-bond acceptors (Lipinski definition) is 10. The molecule has 4 rings (SSSR count). The lowest BCUT2D eigenvalue weighted by Crippen LogP contribution is -2.65. The zero-order valence-corrected chi connectivity index (χ0v) is 23.9. The van der Waals surface area contributed by atoms with E-state index in [9.17, 15) is 34.8 Å². The number of ketones is 1. The van der Waals surface area contributed by atoms with Crippen molar-refractivity contribution in [2.45, 2.75) is 109 Å². The predicted octanol–water partition coefficient (Wildman–Crippen LogP) is 2.03. The highest BCUT2D eigenvalue weighted by Crippen LogP contribution is 2.76. The number of Topliss-reactive ketones (excluding diaryl/α,β-unsaturated/α-hetero) is 1. The summed E-state index contributed by atoms with van der Waals surface area (Å²) >= 11 is 0. The van der Waals surface area contributed by atoms with Crippen LogP contribution in [0.5, 0.6) is 0 Å². The van der Waals surface area contributed by atoms with Crippen LogP contribution in [0.2, 0.25) is 0 Å². The van der Waals surface area contributed by atoms with Gasteiger partial charge < -0.3 is 39.4 Å². The van der Waals surface area contributed by atoms with Gasteiger partial charge in [0.05, 0.1) is 12.0 Å². The van der Waals surface area contributed by atoms with Gasteiger partial charge in [-0.25, -0.2) is 4.79 Å². The summed E-state index contributed by atoms with van der Waals surface area (Å²) in [5.41, 5.74) is -1.56. The third kappa shape index (κ3) is 4.58. The second-order valence-corrected chi connectivity index (χ2v) is 12.4. The van der Waals surface area contributed by atoms with Gasteiger partial charge in [-0.1, -0.05) is 30.7 Å². The van der Waals surface area contributed by atoms with E-state index in [1.54, 1.807) is 19.1 Å². The standard InChI is InChI=1S/C30H42O10/c1-17-8-11-29-14-13-27(4,30(29,12-9-17)15-19(3)32)28(5,40-26(29)37)10-6-7-18(2)24(36)39-25-23(35)22(34)21(33)20(16-31)38-25/h6-8,10,20-23,25,31,33-35H,9,11-16H2,1-5H3. The number of carbonyl (C=O) groups is 3. The molecule has 0 aromatic heterocycles. The van der Waals surface area contributed by atoms with Crippen molar-refractivity contribution in [3.63, 3.8) is 0 Å². The van der Waals surface area contributed by atoms with Crippen molar-refractivity contribution < 1.29 is 49.0 Å². The lowest BCUT2D eigenvalue weighted by atomic mass is 9.46. The van der Waals surface area contributed by atoms with Crippen molar-refractivity contribution in [1.82, 2.24) is 0 Å². The minimum atomic E-state index is -1.71. The maximum atomic E-state index is 13.8. The summed E-state index contributed by atoms with van der Waals surface area (Å²) in [6, 6.07) is 0. The number of carbonyl (C=O) groups excluding carboxylic acids is 3. The Labute approximate surface area is 234 Å². The zero-order chi connectivity index (χ0) is 29.7. The number of ether oxygens (including phenoxy) is 3. The second-order valence-electron chi connectivity index (χ2n) is 12.4. The lowest BCUT2D eigenvalue weighted by molar-refractivity contribution is -0.291. The number of allylic oxidation sites excluding steroid dienone is 4. The van der Waals surface area contributed by atoms with Gasteiger partial charge in [0.1, 0.15) is 35.8 Å². The molecule has 1 saturated carbocycles. The first kappa shape index (κ1) is 30.6. The number of rotatable bonds is 7. The minimum Gasteiger partial charge on any atom is -0.454 e. The molecule has 0 aromatic carbocycles. The van der Waals surface area contributed by atoms with Crippen LogP contribution in [0.4, 0.5) is 0 Å². The average molecular weight is 563 g/mol. The summed E-state index contributed by atoms with van der Waals surface area (Å²) in [6.45, 7) is 8.46. The fourth-order valence-electron chi connectivity index (χ4n) is 7.55. The Morgan fingerprint density at radius 3 is 2.45 bits per heavy atom. The fraction of sp³-hybridized carbons (Fsp3) is 0.700. The Kier molecular flexibility index (Phi) is 8.26. The van der Waals surface area contributed by atoms with Crippen LogP contribution in [0.3, 0.4) is 0 Å². The fourth-order valence-corrected chi connectivity index (χ4v) is 7.55. The number of aliphatic hydroxyl groups is 4. The van der Waals surface area contributed by atoms with Gasteiger partial charge in [-0.15, -0.1) is 0 Å². The minimum absolute atomic E-state index is 0.0461. The first-order valence-corrected chi connectivity index (χ1v) is 13.9. The van der Waals surface area contributed by atoms with E-state index in [1.165, 1.54) is 18.6 Å². The molecule has 2 aliphatic carbocycles. The van der Waals surface area contributed by atoms with Gasteiger partial charge in [-0.3, -0.25) is 4.79 Å². The Balaban J connectivity index is 1.58. The molecule has 0 spiro atoms. The molecule has 9 unspecified atom stereocenters. The van der Waals surface area contributed by atoms with Gasteiger partial charge in [-0.05, 0) is 65.9 Å². The van der Waals surface area contributed by atoms with E-state index in [-0.39, 0.29) is 17.3 Å². The third-order valence-electron chi connectivity index (χ3n) is 10.3. The van der Waals surface area contributed by atoms with Crippen molar-refractivity contribution >= 4 is 17.7 Å². The smallest absolute Gasteiger partial charge is 0.336 e. The number of esters is 2. The molecule has 3 fully saturated rings. The largest absolute Gasteiger partial charge is 0.454 e. The molecule has 4 N–H and O–H groups in total. The van der Waals surface area contributed by atoms with Crippen LogP contribution in [-0.2, 0) is 28.6 Å². The molecule has 0 radical (unpaired) electrons. The normalized spacial score (nSPS) is 43.5. The number of aliphatic hydroxyl groups excluding tert-OH is 4. The number of hydrogen-bond donors (Lipinski definition) is 4. The van der Waals surface area contributed by atoms with E-state index in [4.69, 9.17) is 14.2 Å². The molecule has 0 amide bonds. The van der Waals surface area contributed by atoms with Crippen LogP contribution in [0.15, 0.2) is 35.5 Å². The van der Waals surface area contributed by atoms with E-state index in [0.717, 1.165) is 6.42 Å². The van der Waals surface area contributed by atoms with E-state index >= 15 is 0 Å². The van der Waals surface area contributed by atoms with E-state index < -0.39 is 65.1 Å². The Morgan fingerprint density at radius 1 is 1.10 bits per heavy atom. The zero-order valence-electron chi connectivity index (χ0n) is 23.9. The van der Waals surface area contributed by atoms with Crippen LogP contribution in [0.25, 0.3) is 0 Å². The highest BCUT2D eigenvalue weighted by Gasteiger charge is 2.77. The molecule has 2 heterocycles. The molecule has 4 aliphatic rings. The maximum Gasteiger partial charge on any atom is 0.336 e. The monoisotopic (exact) mass is 562 g/mol. The second kappa shape index (κ2) is 10.8. The van der Waals surface area contributed by atoms with Gasteiger partial charge in [0.2, 0.25) is 6.29 Å². The van der Waals surface area contributed by atoms with Crippen LogP contribution in [0.1, 0.15) is 73.1 Å². The molecule has 9 atom stereocenters. The lowest BCUT2D eigenvalue weighted by Gasteiger charge is -2.61. The molecular weight excluding hydrogens is 520 g/mol. The predicted molar refractivity (Wildman–Crippen MR) is 142 cm³/mol. The summed E-state index contributed by atoms with van der Waals surface area (Å²) in [4.78, 5) is 39.2. The molecule has 222 valence electrons. The van der Waals surface area contributed by atoms with Crippen molar-refractivity contribution in [2.75, 3.05) is 6.61 Å². The first-order valence-electron chi connectivity index (χ1n) is 13.9. The van der Waals surface area contributed by atoms with Crippen molar-refractivity contribution in [3.05, 3.63) is 35.5 Å². The highest BCUT2D eigenvalue weighted by atomic mass is 16.7. The van der Waals surface area contributed by atoms with Crippen molar-refractivity contribution in [2.24, 2.45) is 16.2 Å². The average Bonchev–Trinajstić information content (AvgIpc) is 2.98. The van der Waals surface area contributed by atoms with Gasteiger partial charge >= 0.3 is 11.9 Å². The van der Waals surface area contributed by atoms with E-state index in [2.05, 4.69) is 19.9 Å².